The molecule has 2 aromatic rings. The lowest BCUT2D eigenvalue weighted by Crippen LogP contribution is -2.46. The molecule has 1 aromatic carbocycles. The summed E-state index contributed by atoms with van der Waals surface area (Å²) in [4.78, 5) is 26.5. The normalized spacial score (nSPS) is 19.6. The number of rotatable bonds is 5. The smallest absolute Gasteiger partial charge is 0.243 e. The summed E-state index contributed by atoms with van der Waals surface area (Å²) in [7, 11) is 0. The van der Waals surface area contributed by atoms with Crippen molar-refractivity contribution in [2.75, 3.05) is 6.54 Å². The van der Waals surface area contributed by atoms with Gasteiger partial charge in [0.05, 0.1) is 18.2 Å². The maximum Gasteiger partial charge on any atom is 0.243 e. The number of likely N-dealkylation sites (tertiary alicyclic amines) is 1. The van der Waals surface area contributed by atoms with E-state index in [0.29, 0.717) is 23.0 Å². The van der Waals surface area contributed by atoms with Gasteiger partial charge in [-0.1, -0.05) is 28.9 Å². The van der Waals surface area contributed by atoms with E-state index in [0.717, 1.165) is 5.56 Å². The second-order valence-corrected chi connectivity index (χ2v) is 6.84. The van der Waals surface area contributed by atoms with E-state index in [-0.39, 0.29) is 31.2 Å². The lowest BCUT2D eigenvalue weighted by molar-refractivity contribution is -0.138. The number of benzene rings is 1. The summed E-state index contributed by atoms with van der Waals surface area (Å²) >= 11 is 5.84. The van der Waals surface area contributed by atoms with Crippen LogP contribution in [0.3, 0.4) is 0 Å². The number of aliphatic hydroxyl groups is 1. The molecule has 7 nitrogen and oxygen atoms in total. The van der Waals surface area contributed by atoms with Crippen LogP contribution < -0.4 is 5.32 Å². The van der Waals surface area contributed by atoms with Gasteiger partial charge in [-0.2, -0.15) is 0 Å². The molecular formula is C18H20ClN3O4. The lowest BCUT2D eigenvalue weighted by atomic mass is 10.1. The number of halogens is 1. The van der Waals surface area contributed by atoms with Gasteiger partial charge in [0.25, 0.3) is 0 Å². The first-order valence-electron chi connectivity index (χ1n) is 8.34. The van der Waals surface area contributed by atoms with Gasteiger partial charge < -0.3 is 19.8 Å². The Balaban J connectivity index is 1.61. The number of amides is 2. The van der Waals surface area contributed by atoms with Crippen molar-refractivity contribution in [2.45, 2.75) is 38.5 Å². The van der Waals surface area contributed by atoms with Crippen LogP contribution in [0, 0.1) is 6.92 Å². The zero-order chi connectivity index (χ0) is 18.7. The maximum atomic E-state index is 12.5. The van der Waals surface area contributed by atoms with Crippen molar-refractivity contribution < 1.29 is 19.2 Å². The molecule has 1 aliphatic rings. The number of hydrogen-bond donors (Lipinski definition) is 2. The van der Waals surface area contributed by atoms with Crippen molar-refractivity contribution in [1.29, 1.82) is 0 Å². The molecule has 1 fully saturated rings. The zero-order valence-corrected chi connectivity index (χ0v) is 15.1. The number of hydrogen-bond acceptors (Lipinski definition) is 5. The summed E-state index contributed by atoms with van der Waals surface area (Å²) in [6.45, 7) is 2.22. The Morgan fingerprint density at radius 1 is 1.38 bits per heavy atom. The van der Waals surface area contributed by atoms with Crippen molar-refractivity contribution in [2.24, 2.45) is 0 Å². The summed E-state index contributed by atoms with van der Waals surface area (Å²) in [5.41, 5.74) is 1.59. The monoisotopic (exact) mass is 377 g/mol. The minimum Gasteiger partial charge on any atom is -0.391 e. The average Bonchev–Trinajstić information content (AvgIpc) is 3.19. The molecule has 2 heterocycles. The van der Waals surface area contributed by atoms with Gasteiger partial charge in [-0.25, -0.2) is 0 Å². The van der Waals surface area contributed by atoms with Gasteiger partial charge in [-0.05, 0) is 24.6 Å². The largest absolute Gasteiger partial charge is 0.391 e. The number of carbonyl (C=O) groups excluding carboxylic acids is 2. The second kappa shape index (κ2) is 7.88. The fraction of sp³-hybridized carbons (Fsp3) is 0.389. The van der Waals surface area contributed by atoms with Crippen LogP contribution in [0.25, 0.3) is 0 Å². The molecule has 1 aromatic heterocycles. The molecule has 26 heavy (non-hydrogen) atoms. The maximum absolute atomic E-state index is 12.5. The Kier molecular flexibility index (Phi) is 5.58. The van der Waals surface area contributed by atoms with E-state index in [2.05, 4.69) is 10.5 Å². The number of carbonyl (C=O) groups is 2. The van der Waals surface area contributed by atoms with Gasteiger partial charge in [0.1, 0.15) is 11.8 Å². The van der Waals surface area contributed by atoms with Gasteiger partial charge in [-0.15, -0.1) is 0 Å². The fourth-order valence-electron chi connectivity index (χ4n) is 3.00. The Morgan fingerprint density at radius 3 is 2.77 bits per heavy atom. The van der Waals surface area contributed by atoms with Gasteiger partial charge in [0, 0.05) is 30.6 Å². The van der Waals surface area contributed by atoms with Crippen molar-refractivity contribution >= 4 is 23.4 Å². The van der Waals surface area contributed by atoms with Crippen molar-refractivity contribution in [3.8, 4) is 0 Å². The SMILES string of the molecule is Cc1cc(CC(=O)N2C[C@H](O)C[C@H]2C(=O)NCc2ccc(Cl)cc2)on1. The third-order valence-corrected chi connectivity index (χ3v) is 4.54. The molecule has 0 saturated carbocycles. The highest BCUT2D eigenvalue weighted by Gasteiger charge is 2.38. The minimum absolute atomic E-state index is 0.00846. The Morgan fingerprint density at radius 2 is 2.12 bits per heavy atom. The molecule has 0 aliphatic carbocycles. The van der Waals surface area contributed by atoms with E-state index in [1.807, 2.05) is 12.1 Å². The van der Waals surface area contributed by atoms with Gasteiger partial charge in [-0.3, -0.25) is 9.59 Å². The fourth-order valence-corrected chi connectivity index (χ4v) is 3.12. The number of nitrogens with zero attached hydrogens (tertiary/aromatic N) is 2. The third-order valence-electron chi connectivity index (χ3n) is 4.28. The topological polar surface area (TPSA) is 95.7 Å². The molecular weight excluding hydrogens is 358 g/mol. The first-order chi connectivity index (χ1) is 12.4. The number of aromatic nitrogens is 1. The first-order valence-corrected chi connectivity index (χ1v) is 8.72. The summed E-state index contributed by atoms with van der Waals surface area (Å²) in [5, 5.41) is 17.1. The molecule has 0 bridgehead atoms. The van der Waals surface area contributed by atoms with Crippen LogP contribution in [0.4, 0.5) is 0 Å². The van der Waals surface area contributed by atoms with Crippen LogP contribution in [0.1, 0.15) is 23.4 Å². The third kappa shape index (κ3) is 4.42. The highest BCUT2D eigenvalue weighted by Crippen LogP contribution is 2.20. The molecule has 2 amide bonds. The van der Waals surface area contributed by atoms with E-state index < -0.39 is 12.1 Å². The molecule has 2 N–H and O–H groups in total. The van der Waals surface area contributed by atoms with Crippen LogP contribution in [-0.4, -0.2) is 45.7 Å². The van der Waals surface area contributed by atoms with Crippen molar-refractivity contribution in [3.63, 3.8) is 0 Å². The molecule has 0 spiro atoms. The Hall–Kier alpha value is -2.38. The van der Waals surface area contributed by atoms with Crippen LogP contribution in [0.15, 0.2) is 34.9 Å². The highest BCUT2D eigenvalue weighted by molar-refractivity contribution is 6.30. The zero-order valence-electron chi connectivity index (χ0n) is 14.3. The van der Waals surface area contributed by atoms with Crippen molar-refractivity contribution in [1.82, 2.24) is 15.4 Å². The number of nitrogens with one attached hydrogen (secondary N) is 1. The second-order valence-electron chi connectivity index (χ2n) is 6.41. The van der Waals surface area contributed by atoms with E-state index in [1.165, 1.54) is 4.90 Å². The first kappa shape index (κ1) is 18.4. The molecule has 0 radical (unpaired) electrons. The van der Waals surface area contributed by atoms with E-state index >= 15 is 0 Å². The lowest BCUT2D eigenvalue weighted by Gasteiger charge is -2.23. The van der Waals surface area contributed by atoms with Crippen LogP contribution in [-0.2, 0) is 22.6 Å². The molecule has 8 heteroatoms. The van der Waals surface area contributed by atoms with Crippen LogP contribution >= 0.6 is 11.6 Å². The molecule has 0 unspecified atom stereocenters. The average molecular weight is 378 g/mol. The van der Waals surface area contributed by atoms with Crippen LogP contribution in [0.2, 0.25) is 5.02 Å². The molecule has 1 aliphatic heterocycles. The van der Waals surface area contributed by atoms with Crippen molar-refractivity contribution in [3.05, 3.63) is 52.4 Å². The van der Waals surface area contributed by atoms with Gasteiger partial charge >= 0.3 is 0 Å². The minimum atomic E-state index is -0.721. The van der Waals surface area contributed by atoms with E-state index in [4.69, 9.17) is 16.1 Å². The van der Waals surface area contributed by atoms with E-state index in [1.54, 1.807) is 25.1 Å². The predicted molar refractivity (Wildman–Crippen MR) is 94.4 cm³/mol. The summed E-state index contributed by atoms with van der Waals surface area (Å²) in [6.07, 6.45) is -0.496. The standard InChI is InChI=1S/C18H20ClN3O4/c1-11-6-15(26-21-11)8-17(24)22-10-14(23)7-16(22)18(25)20-9-12-2-4-13(19)5-3-12/h2-6,14,16,23H,7-10H2,1H3,(H,20,25)/t14-,16+/m1/s1. The quantitative estimate of drug-likeness (QED) is 0.822. The van der Waals surface area contributed by atoms with Crippen LogP contribution in [0.5, 0.6) is 0 Å². The van der Waals surface area contributed by atoms with Gasteiger partial charge in [0.2, 0.25) is 11.8 Å². The molecule has 3 rings (SSSR count). The Labute approximate surface area is 155 Å². The predicted octanol–water partition coefficient (Wildman–Crippen LogP) is 1.46. The number of aliphatic hydroxyl groups excluding tert-OH is 1. The van der Waals surface area contributed by atoms with E-state index in [9.17, 15) is 14.7 Å². The van der Waals surface area contributed by atoms with Gasteiger partial charge in [0.15, 0.2) is 0 Å². The Bertz CT molecular complexity index is 790. The number of aryl methyl sites for hydroxylation is 1. The summed E-state index contributed by atoms with van der Waals surface area (Å²) < 4.78 is 5.06. The summed E-state index contributed by atoms with van der Waals surface area (Å²) in [5.74, 6) is -0.128. The molecule has 1 saturated heterocycles. The number of β-amino-alcohol motifs (C(OH)–C–C–N with tert-alkyl or cyclic N) is 1. The molecule has 138 valence electrons. The summed E-state index contributed by atoms with van der Waals surface area (Å²) in [6, 6.07) is 8.12. The molecule has 2 atom stereocenters. The highest BCUT2D eigenvalue weighted by atomic mass is 35.5.